The van der Waals surface area contributed by atoms with Crippen molar-refractivity contribution in [3.63, 3.8) is 0 Å². The van der Waals surface area contributed by atoms with E-state index in [0.29, 0.717) is 13.2 Å². The van der Waals surface area contributed by atoms with E-state index < -0.39 is 5.82 Å². The number of anilines is 1. The Bertz CT molecular complexity index is 560. The molecule has 0 unspecified atom stereocenters. The third kappa shape index (κ3) is 3.94. The van der Waals surface area contributed by atoms with Gasteiger partial charge in [0.05, 0.1) is 11.6 Å². The Kier molecular flexibility index (Phi) is 4.77. The molecule has 2 nitrogen and oxygen atoms in total. The zero-order chi connectivity index (χ0) is 13.7. The molecule has 0 spiro atoms. The highest BCUT2D eigenvalue weighted by atomic mass is 35.5. The average molecular weight is 280 g/mol. The third-order valence-electron chi connectivity index (χ3n) is 2.72. The number of hydrogen-bond donors (Lipinski definition) is 1. The van der Waals surface area contributed by atoms with Gasteiger partial charge in [-0.2, -0.15) is 0 Å². The molecule has 0 atom stereocenters. The zero-order valence-corrected chi connectivity index (χ0v) is 11.4. The van der Waals surface area contributed by atoms with Gasteiger partial charge in [0.2, 0.25) is 0 Å². The van der Waals surface area contributed by atoms with Gasteiger partial charge in [0.15, 0.2) is 0 Å². The molecule has 0 saturated heterocycles. The minimum atomic E-state index is -0.394. The van der Waals surface area contributed by atoms with Crippen molar-refractivity contribution >= 4 is 17.3 Å². The van der Waals surface area contributed by atoms with Crippen LogP contribution >= 0.6 is 11.6 Å². The summed E-state index contributed by atoms with van der Waals surface area (Å²) in [5.41, 5.74) is 2.92. The highest BCUT2D eigenvalue weighted by Crippen LogP contribution is 2.17. The van der Waals surface area contributed by atoms with Gasteiger partial charge in [0, 0.05) is 19.3 Å². The lowest BCUT2D eigenvalue weighted by molar-refractivity contribution is 0.185. The maximum atomic E-state index is 13.3. The first-order valence-corrected chi connectivity index (χ1v) is 6.32. The van der Waals surface area contributed by atoms with Gasteiger partial charge in [-0.1, -0.05) is 29.8 Å². The number of nitrogens with one attached hydrogen (secondary N) is 1. The molecule has 1 N–H and O–H groups in total. The van der Waals surface area contributed by atoms with E-state index in [1.165, 1.54) is 6.07 Å². The van der Waals surface area contributed by atoms with Crippen LogP contribution in [0, 0.1) is 5.82 Å². The predicted molar refractivity (Wildman–Crippen MR) is 75.9 cm³/mol. The summed E-state index contributed by atoms with van der Waals surface area (Å²) in [6.07, 6.45) is 0. The van der Waals surface area contributed by atoms with E-state index in [1.54, 1.807) is 19.2 Å². The molecule has 0 radical (unpaired) electrons. The molecule has 19 heavy (non-hydrogen) atoms. The number of rotatable bonds is 5. The number of ether oxygens (including phenoxy) is 1. The van der Waals surface area contributed by atoms with E-state index in [-0.39, 0.29) is 5.02 Å². The Hall–Kier alpha value is -1.58. The molecular weight excluding hydrogens is 265 g/mol. The molecule has 0 aromatic heterocycles. The summed E-state index contributed by atoms with van der Waals surface area (Å²) in [6.45, 7) is 1.12. The highest BCUT2D eigenvalue weighted by molar-refractivity contribution is 6.30. The summed E-state index contributed by atoms with van der Waals surface area (Å²) in [7, 11) is 1.66. The van der Waals surface area contributed by atoms with Crippen LogP contribution in [-0.4, -0.2) is 7.11 Å². The van der Waals surface area contributed by atoms with Crippen molar-refractivity contribution in [3.8, 4) is 0 Å². The first-order chi connectivity index (χ1) is 9.19. The second-order valence-electron chi connectivity index (χ2n) is 4.24. The van der Waals surface area contributed by atoms with Crippen molar-refractivity contribution in [1.29, 1.82) is 0 Å². The maximum absolute atomic E-state index is 13.3. The van der Waals surface area contributed by atoms with E-state index in [0.717, 1.165) is 16.8 Å². The monoisotopic (exact) mass is 279 g/mol. The Morgan fingerprint density at radius 3 is 2.74 bits per heavy atom. The Morgan fingerprint density at radius 1 is 1.16 bits per heavy atom. The van der Waals surface area contributed by atoms with E-state index >= 15 is 0 Å². The molecule has 0 aliphatic heterocycles. The van der Waals surface area contributed by atoms with Crippen molar-refractivity contribution in [2.75, 3.05) is 12.4 Å². The van der Waals surface area contributed by atoms with Crippen LogP contribution in [0.4, 0.5) is 10.1 Å². The molecule has 2 rings (SSSR count). The lowest BCUT2D eigenvalue weighted by Gasteiger charge is -2.09. The number of methoxy groups -OCH3 is 1. The first-order valence-electron chi connectivity index (χ1n) is 5.94. The molecule has 2 aromatic rings. The van der Waals surface area contributed by atoms with Crippen molar-refractivity contribution in [1.82, 2.24) is 0 Å². The van der Waals surface area contributed by atoms with Crippen LogP contribution in [0.25, 0.3) is 0 Å². The van der Waals surface area contributed by atoms with Gasteiger partial charge in [-0.05, 0) is 35.4 Å². The van der Waals surface area contributed by atoms with Gasteiger partial charge in [-0.15, -0.1) is 0 Å². The first kappa shape index (κ1) is 13.8. The normalized spacial score (nSPS) is 10.5. The molecule has 0 aliphatic rings. The second kappa shape index (κ2) is 6.55. The molecule has 0 aliphatic carbocycles. The summed E-state index contributed by atoms with van der Waals surface area (Å²) < 4.78 is 18.4. The van der Waals surface area contributed by atoms with Crippen LogP contribution in [0.3, 0.4) is 0 Å². The molecule has 0 heterocycles. The van der Waals surface area contributed by atoms with Crippen LogP contribution in [0.15, 0.2) is 42.5 Å². The Labute approximate surface area is 117 Å². The highest BCUT2D eigenvalue weighted by Gasteiger charge is 2.01. The minimum absolute atomic E-state index is 0.144. The lowest BCUT2D eigenvalue weighted by Crippen LogP contribution is -2.00. The molecule has 100 valence electrons. The van der Waals surface area contributed by atoms with Gasteiger partial charge in [0.1, 0.15) is 5.82 Å². The SMILES string of the molecule is COCc1cccc(NCc2ccc(Cl)c(F)c2)c1. The standard InChI is InChI=1S/C15H15ClFNO/c1-19-10-12-3-2-4-13(7-12)18-9-11-5-6-14(16)15(17)8-11/h2-8,18H,9-10H2,1H3. The van der Waals surface area contributed by atoms with Crippen molar-refractivity contribution in [2.45, 2.75) is 13.2 Å². The summed E-state index contributed by atoms with van der Waals surface area (Å²) in [6, 6.07) is 12.7. The summed E-state index contributed by atoms with van der Waals surface area (Å²) >= 11 is 5.64. The summed E-state index contributed by atoms with van der Waals surface area (Å²) in [5.74, 6) is -0.394. The van der Waals surface area contributed by atoms with Crippen molar-refractivity contribution in [3.05, 3.63) is 64.4 Å². The molecule has 2 aromatic carbocycles. The Morgan fingerprint density at radius 2 is 2.00 bits per heavy atom. The molecule has 0 bridgehead atoms. The fourth-order valence-corrected chi connectivity index (χ4v) is 1.91. The number of benzene rings is 2. The van der Waals surface area contributed by atoms with E-state index in [4.69, 9.17) is 16.3 Å². The number of hydrogen-bond acceptors (Lipinski definition) is 2. The average Bonchev–Trinajstić information content (AvgIpc) is 2.41. The largest absolute Gasteiger partial charge is 0.381 e. The molecule has 4 heteroatoms. The van der Waals surface area contributed by atoms with E-state index in [2.05, 4.69) is 5.32 Å². The van der Waals surface area contributed by atoms with E-state index in [1.807, 2.05) is 24.3 Å². The third-order valence-corrected chi connectivity index (χ3v) is 3.03. The second-order valence-corrected chi connectivity index (χ2v) is 4.64. The zero-order valence-electron chi connectivity index (χ0n) is 10.6. The quantitative estimate of drug-likeness (QED) is 0.884. The fraction of sp³-hybridized carbons (Fsp3) is 0.200. The number of halogens is 2. The van der Waals surface area contributed by atoms with Gasteiger partial charge < -0.3 is 10.1 Å². The predicted octanol–water partition coefficient (Wildman–Crippen LogP) is 4.24. The van der Waals surface area contributed by atoms with E-state index in [9.17, 15) is 4.39 Å². The molecular formula is C15H15ClFNO. The fourth-order valence-electron chi connectivity index (χ4n) is 1.79. The smallest absolute Gasteiger partial charge is 0.142 e. The molecule has 0 fully saturated rings. The van der Waals surface area contributed by atoms with Crippen LogP contribution in [0.5, 0.6) is 0 Å². The van der Waals surface area contributed by atoms with Crippen molar-refractivity contribution < 1.29 is 9.13 Å². The van der Waals surface area contributed by atoms with Crippen LogP contribution < -0.4 is 5.32 Å². The summed E-state index contributed by atoms with van der Waals surface area (Å²) in [5, 5.41) is 3.39. The topological polar surface area (TPSA) is 21.3 Å². The van der Waals surface area contributed by atoms with Gasteiger partial charge in [0.25, 0.3) is 0 Å². The van der Waals surface area contributed by atoms with Gasteiger partial charge >= 0.3 is 0 Å². The maximum Gasteiger partial charge on any atom is 0.142 e. The molecule has 0 saturated carbocycles. The lowest BCUT2D eigenvalue weighted by atomic mass is 10.2. The van der Waals surface area contributed by atoms with Crippen molar-refractivity contribution in [2.24, 2.45) is 0 Å². The van der Waals surface area contributed by atoms with Crippen LogP contribution in [0.2, 0.25) is 5.02 Å². The minimum Gasteiger partial charge on any atom is -0.381 e. The molecule has 0 amide bonds. The van der Waals surface area contributed by atoms with Crippen LogP contribution in [-0.2, 0) is 17.9 Å². The van der Waals surface area contributed by atoms with Gasteiger partial charge in [-0.25, -0.2) is 4.39 Å². The van der Waals surface area contributed by atoms with Crippen LogP contribution in [0.1, 0.15) is 11.1 Å². The van der Waals surface area contributed by atoms with Gasteiger partial charge in [-0.3, -0.25) is 0 Å². The Balaban J connectivity index is 2.01. The summed E-state index contributed by atoms with van der Waals surface area (Å²) in [4.78, 5) is 0.